The van der Waals surface area contributed by atoms with Gasteiger partial charge in [-0.1, -0.05) is 39.1 Å². The largest absolute Gasteiger partial charge is 0.346 e. The molecule has 0 aliphatic heterocycles. The summed E-state index contributed by atoms with van der Waals surface area (Å²) in [5, 5.41) is 4.38. The fraction of sp³-hybridized carbons (Fsp3) is 0.364. The molecule has 0 unspecified atom stereocenters. The van der Waals surface area contributed by atoms with Crippen LogP contribution in [0.4, 0.5) is 0 Å². The Morgan fingerprint density at radius 1 is 1.38 bits per heavy atom. The molecule has 5 heteroatoms. The van der Waals surface area contributed by atoms with Crippen molar-refractivity contribution in [3.8, 4) is 0 Å². The normalized spacial score (nSPS) is 11.3. The average molecular weight is 325 g/mol. The van der Waals surface area contributed by atoms with Crippen molar-refractivity contribution in [3.63, 3.8) is 0 Å². The summed E-state index contributed by atoms with van der Waals surface area (Å²) in [5.41, 5.74) is 0.201. The van der Waals surface area contributed by atoms with Gasteiger partial charge < -0.3 is 5.32 Å². The SMILES string of the molecule is CC(C)(CBr)NC(=O)c1ccc(Cl)c(Cl)c1. The quantitative estimate of drug-likeness (QED) is 0.839. The summed E-state index contributed by atoms with van der Waals surface area (Å²) in [5.74, 6) is -0.164. The molecule has 1 amide bonds. The molecule has 1 aromatic rings. The summed E-state index contributed by atoms with van der Waals surface area (Å²) >= 11 is 15.0. The minimum atomic E-state index is -0.302. The number of halogens is 3. The standard InChI is InChI=1S/C11H12BrCl2NO/c1-11(2,6-12)15-10(16)7-3-4-8(13)9(14)5-7/h3-5H,6H2,1-2H3,(H,15,16). The summed E-state index contributed by atoms with van der Waals surface area (Å²) in [4.78, 5) is 11.8. The van der Waals surface area contributed by atoms with E-state index >= 15 is 0 Å². The number of rotatable bonds is 3. The van der Waals surface area contributed by atoms with E-state index in [1.807, 2.05) is 13.8 Å². The minimum absolute atomic E-state index is 0.164. The Morgan fingerprint density at radius 2 is 2.00 bits per heavy atom. The first-order valence-corrected chi connectivity index (χ1v) is 6.57. The van der Waals surface area contributed by atoms with E-state index < -0.39 is 0 Å². The molecule has 0 radical (unpaired) electrons. The van der Waals surface area contributed by atoms with Crippen LogP contribution in [0, 0.1) is 0 Å². The van der Waals surface area contributed by atoms with Crippen LogP contribution >= 0.6 is 39.1 Å². The Kier molecular flexibility index (Phi) is 4.65. The number of amides is 1. The predicted molar refractivity (Wildman–Crippen MR) is 71.8 cm³/mol. The van der Waals surface area contributed by atoms with Crippen LogP contribution in [-0.4, -0.2) is 16.8 Å². The number of carbonyl (C=O) groups excluding carboxylic acids is 1. The monoisotopic (exact) mass is 323 g/mol. The first kappa shape index (κ1) is 13.8. The van der Waals surface area contributed by atoms with Crippen molar-refractivity contribution in [2.24, 2.45) is 0 Å². The first-order chi connectivity index (χ1) is 7.35. The summed E-state index contributed by atoms with van der Waals surface area (Å²) in [7, 11) is 0. The molecule has 1 rings (SSSR count). The van der Waals surface area contributed by atoms with E-state index in [2.05, 4.69) is 21.2 Å². The van der Waals surface area contributed by atoms with E-state index in [0.29, 0.717) is 20.9 Å². The number of alkyl halides is 1. The molecule has 88 valence electrons. The second-order valence-electron chi connectivity index (χ2n) is 4.10. The van der Waals surface area contributed by atoms with Crippen molar-refractivity contribution in [2.75, 3.05) is 5.33 Å². The van der Waals surface area contributed by atoms with E-state index in [1.165, 1.54) is 0 Å². The van der Waals surface area contributed by atoms with Crippen LogP contribution in [-0.2, 0) is 0 Å². The van der Waals surface area contributed by atoms with Crippen LogP contribution in [0.3, 0.4) is 0 Å². The molecule has 0 aromatic heterocycles. The van der Waals surface area contributed by atoms with E-state index in [0.717, 1.165) is 0 Å². The van der Waals surface area contributed by atoms with E-state index in [1.54, 1.807) is 18.2 Å². The second kappa shape index (κ2) is 5.39. The Labute approximate surface area is 113 Å². The van der Waals surface area contributed by atoms with Crippen LogP contribution in [0.25, 0.3) is 0 Å². The molecule has 1 N–H and O–H groups in total. The van der Waals surface area contributed by atoms with Crippen molar-refractivity contribution in [1.82, 2.24) is 5.32 Å². The fourth-order valence-electron chi connectivity index (χ4n) is 1.05. The summed E-state index contributed by atoms with van der Waals surface area (Å²) in [6, 6.07) is 4.82. The van der Waals surface area contributed by atoms with Gasteiger partial charge in [0.2, 0.25) is 0 Å². The molecule has 0 bridgehead atoms. The topological polar surface area (TPSA) is 29.1 Å². The van der Waals surface area contributed by atoms with Crippen molar-refractivity contribution < 1.29 is 4.79 Å². The smallest absolute Gasteiger partial charge is 0.251 e. The highest BCUT2D eigenvalue weighted by Gasteiger charge is 2.19. The molecule has 0 spiro atoms. The van der Waals surface area contributed by atoms with Gasteiger partial charge in [0, 0.05) is 16.4 Å². The Balaban J connectivity index is 2.85. The van der Waals surface area contributed by atoms with Gasteiger partial charge >= 0.3 is 0 Å². The molecule has 0 saturated carbocycles. The van der Waals surface area contributed by atoms with Gasteiger partial charge in [-0.25, -0.2) is 0 Å². The maximum atomic E-state index is 11.8. The third-order valence-electron chi connectivity index (χ3n) is 1.97. The minimum Gasteiger partial charge on any atom is -0.346 e. The molecular formula is C11H12BrCl2NO. The lowest BCUT2D eigenvalue weighted by molar-refractivity contribution is 0.0921. The van der Waals surface area contributed by atoms with Crippen molar-refractivity contribution in [1.29, 1.82) is 0 Å². The molecule has 0 fully saturated rings. The molecule has 16 heavy (non-hydrogen) atoms. The lowest BCUT2D eigenvalue weighted by Crippen LogP contribution is -2.44. The zero-order valence-corrected chi connectivity index (χ0v) is 12.1. The first-order valence-electron chi connectivity index (χ1n) is 4.69. The highest BCUT2D eigenvalue weighted by Crippen LogP contribution is 2.22. The van der Waals surface area contributed by atoms with E-state index in [4.69, 9.17) is 23.2 Å². The van der Waals surface area contributed by atoms with Crippen LogP contribution in [0.15, 0.2) is 18.2 Å². The highest BCUT2D eigenvalue weighted by molar-refractivity contribution is 9.09. The third kappa shape index (κ3) is 3.65. The van der Waals surface area contributed by atoms with Gasteiger partial charge in [-0.2, -0.15) is 0 Å². The van der Waals surface area contributed by atoms with Crippen LogP contribution in [0.2, 0.25) is 10.0 Å². The van der Waals surface area contributed by atoms with Gasteiger partial charge in [0.15, 0.2) is 0 Å². The van der Waals surface area contributed by atoms with Gasteiger partial charge in [0.1, 0.15) is 0 Å². The average Bonchev–Trinajstić information content (AvgIpc) is 2.21. The summed E-state index contributed by atoms with van der Waals surface area (Å²) < 4.78 is 0. The van der Waals surface area contributed by atoms with Gasteiger partial charge in [-0.15, -0.1) is 0 Å². The molecule has 0 saturated heterocycles. The summed E-state index contributed by atoms with van der Waals surface area (Å²) in [6.07, 6.45) is 0. The molecule has 0 atom stereocenters. The lowest BCUT2D eigenvalue weighted by Gasteiger charge is -2.23. The molecule has 0 aliphatic rings. The zero-order valence-electron chi connectivity index (χ0n) is 8.98. The molecule has 1 aromatic carbocycles. The van der Waals surface area contributed by atoms with Crippen LogP contribution in [0.1, 0.15) is 24.2 Å². The Hall–Kier alpha value is -0.250. The highest BCUT2D eigenvalue weighted by atomic mass is 79.9. The van der Waals surface area contributed by atoms with Crippen molar-refractivity contribution in [3.05, 3.63) is 33.8 Å². The van der Waals surface area contributed by atoms with E-state index in [9.17, 15) is 4.79 Å². The molecular weight excluding hydrogens is 313 g/mol. The maximum absolute atomic E-state index is 11.8. The number of benzene rings is 1. The molecule has 2 nitrogen and oxygen atoms in total. The number of hydrogen-bond donors (Lipinski definition) is 1. The lowest BCUT2D eigenvalue weighted by atomic mass is 10.1. The van der Waals surface area contributed by atoms with Gasteiger partial charge in [-0.05, 0) is 32.0 Å². The number of nitrogens with one attached hydrogen (secondary N) is 1. The van der Waals surface area contributed by atoms with Gasteiger partial charge in [-0.3, -0.25) is 4.79 Å². The second-order valence-corrected chi connectivity index (χ2v) is 5.48. The van der Waals surface area contributed by atoms with Crippen molar-refractivity contribution >= 4 is 45.0 Å². The van der Waals surface area contributed by atoms with Crippen molar-refractivity contribution in [2.45, 2.75) is 19.4 Å². The molecule has 0 aliphatic carbocycles. The Morgan fingerprint density at radius 3 is 2.50 bits per heavy atom. The van der Waals surface area contributed by atoms with Crippen LogP contribution in [0.5, 0.6) is 0 Å². The van der Waals surface area contributed by atoms with Gasteiger partial charge in [0.25, 0.3) is 5.91 Å². The predicted octanol–water partition coefficient (Wildman–Crippen LogP) is 3.90. The molecule has 0 heterocycles. The summed E-state index contributed by atoms with van der Waals surface area (Å²) in [6.45, 7) is 3.86. The number of carbonyl (C=O) groups is 1. The Bertz CT molecular complexity index is 407. The number of hydrogen-bond acceptors (Lipinski definition) is 1. The van der Waals surface area contributed by atoms with Crippen LogP contribution < -0.4 is 5.32 Å². The fourth-order valence-corrected chi connectivity index (χ4v) is 1.49. The zero-order chi connectivity index (χ0) is 12.3. The maximum Gasteiger partial charge on any atom is 0.251 e. The van der Waals surface area contributed by atoms with Gasteiger partial charge in [0.05, 0.1) is 10.0 Å². The third-order valence-corrected chi connectivity index (χ3v) is 4.11. The van der Waals surface area contributed by atoms with E-state index in [-0.39, 0.29) is 11.4 Å².